The maximum atomic E-state index is 14.9. The van der Waals surface area contributed by atoms with E-state index in [-0.39, 0.29) is 23.0 Å². The standard InChI is InChI=1S/C116H122N4O4S2/c1-11-19-25-29-39-79-47-55-85(56-48-79)115(86-57-49-80(50-58-86)40-30-26-20-12-2)99-69-94-100(70-93(99)113-101(115)71-107(125-113)95-63-83(67-105(95)123-75-77(17-7)37-23-15-5)65-97-109(103(73-117)119-9)89-43-33-35-45-91(89)111(97)121)116(87-59-51-81(52-60-87)41-31-27-21-13-3,88-61-53-82(54-62-88)42-32-28-22-14-4)102-72-108(126-114(94)102)96-64-84(68-106(96)124-76-78(18-8)38-24-16-6)66-98-110(104(74-118)120-10)90-44-34-36-46-92(90)112(98)122/h33-36,43-62,65-72,77-78H,11-32,37-42,63-64,75-76H2,1-8H3/b97-65-,98-66-,109-103-,110-104+. The molecular weight excluding hydrogens is 1580 g/mol. The van der Waals surface area contributed by atoms with Crippen LogP contribution in [0.3, 0.4) is 0 Å². The van der Waals surface area contributed by atoms with Gasteiger partial charge in [0.1, 0.15) is 11.5 Å². The normalized spacial score (nSPS) is 16.8. The fourth-order valence-electron chi connectivity index (χ4n) is 20.5. The largest absolute Gasteiger partial charge is 0.493 e. The number of ether oxygens (including phenoxy) is 2. The van der Waals surface area contributed by atoms with Gasteiger partial charge in [-0.2, -0.15) is 0 Å². The van der Waals surface area contributed by atoms with Crippen LogP contribution in [0.4, 0.5) is 0 Å². The Hall–Kier alpha value is -11.2. The van der Waals surface area contributed by atoms with Crippen LogP contribution in [0.25, 0.3) is 52.9 Å². The minimum absolute atomic E-state index is 0.100. The third-order valence-electron chi connectivity index (χ3n) is 27.6. The number of carbonyl (C=O) groups excluding carboxylic acids is 2. The summed E-state index contributed by atoms with van der Waals surface area (Å²) in [4.78, 5) is 41.8. The molecule has 6 aliphatic rings. The van der Waals surface area contributed by atoms with E-state index >= 15 is 0 Å². The lowest BCUT2D eigenvalue weighted by Crippen LogP contribution is -2.30. The van der Waals surface area contributed by atoms with Gasteiger partial charge in [-0.1, -0.05) is 317 Å². The SMILES string of the molecule is [C-]#[N+]/C(C#N)=C1\C(=C\C2=CC(OCC(CC)CCCC)=C(c3cc4c(s3)-c3cc5c(cc3C4(c3ccc(CCCCCC)cc3)c3ccc(CCCCCC)cc3)-c3sc(C4=C(OCC(CC)CCCC)C=C(/C=C6\C(=O)c7ccccc7\C6=C(\C#N)[N+]#[C-])C4)cc3C5(c3ccc(CCCCCC)cc3)c3ccc(CCCCCC)cc3)C2)C(=O)c2ccccc21. The molecule has 15 rings (SSSR count). The molecule has 0 bridgehead atoms. The third kappa shape index (κ3) is 17.9. The van der Waals surface area contributed by atoms with Crippen molar-refractivity contribution in [2.75, 3.05) is 13.2 Å². The molecule has 642 valence electrons. The van der Waals surface area contributed by atoms with Crippen LogP contribution in [0, 0.1) is 47.6 Å². The number of hydrogen-bond acceptors (Lipinski definition) is 8. The van der Waals surface area contributed by atoms with Crippen LogP contribution < -0.4 is 0 Å². The van der Waals surface area contributed by atoms with Gasteiger partial charge >= 0.3 is 0 Å². The fourth-order valence-corrected chi connectivity index (χ4v) is 23.1. The van der Waals surface area contributed by atoms with Gasteiger partial charge in [-0.05, 0) is 225 Å². The molecule has 0 saturated carbocycles. The molecule has 0 aliphatic heterocycles. The molecule has 2 heterocycles. The lowest BCUT2D eigenvalue weighted by atomic mass is 9.65. The topological polar surface area (TPSA) is 109 Å². The van der Waals surface area contributed by atoms with Gasteiger partial charge in [0.15, 0.2) is 11.6 Å². The van der Waals surface area contributed by atoms with E-state index in [0.29, 0.717) is 82.4 Å². The zero-order valence-electron chi connectivity index (χ0n) is 75.5. The number of benzene rings is 7. The molecule has 6 aliphatic carbocycles. The number of aryl methyl sites for hydroxylation is 4. The Morgan fingerprint density at radius 1 is 0.405 bits per heavy atom. The number of nitriles is 2. The van der Waals surface area contributed by atoms with Crippen LogP contribution in [0.5, 0.6) is 0 Å². The van der Waals surface area contributed by atoms with Gasteiger partial charge in [-0.3, -0.25) is 9.59 Å². The highest BCUT2D eigenvalue weighted by Crippen LogP contribution is 2.67. The van der Waals surface area contributed by atoms with Gasteiger partial charge in [-0.25, -0.2) is 20.2 Å². The summed E-state index contributed by atoms with van der Waals surface area (Å²) >= 11 is 3.71. The Kier molecular flexibility index (Phi) is 29.5. The fraction of sp³-hybridized carbons (Fsp3) is 0.379. The predicted molar refractivity (Wildman–Crippen MR) is 522 cm³/mol. The molecule has 9 aromatic rings. The first-order chi connectivity index (χ1) is 61.8. The number of hydrogen-bond donors (Lipinski definition) is 0. The Morgan fingerprint density at radius 2 is 0.722 bits per heavy atom. The van der Waals surface area contributed by atoms with E-state index in [4.69, 9.17) is 22.6 Å². The summed E-state index contributed by atoms with van der Waals surface area (Å²) in [5.74, 6) is 1.85. The molecular formula is C116H122N4O4S2. The summed E-state index contributed by atoms with van der Waals surface area (Å²) in [6, 6.07) is 68.4. The van der Waals surface area contributed by atoms with Gasteiger partial charge in [0, 0.05) is 76.9 Å². The number of nitrogens with zero attached hydrogens (tertiary/aromatic N) is 4. The van der Waals surface area contributed by atoms with Crippen LogP contribution in [0.15, 0.2) is 239 Å². The first-order valence-corrected chi connectivity index (χ1v) is 49.2. The quantitative estimate of drug-likeness (QED) is 0.0163. The van der Waals surface area contributed by atoms with Crippen molar-refractivity contribution in [2.24, 2.45) is 11.8 Å². The molecule has 2 unspecified atom stereocenters. The third-order valence-corrected chi connectivity index (χ3v) is 30.1. The second-order valence-electron chi connectivity index (χ2n) is 35.9. The summed E-state index contributed by atoms with van der Waals surface area (Å²) in [5, 5.41) is 21.2. The average molecular weight is 1700 g/mol. The van der Waals surface area contributed by atoms with Crippen molar-refractivity contribution in [1.82, 2.24) is 0 Å². The van der Waals surface area contributed by atoms with E-state index in [9.17, 15) is 20.1 Å². The van der Waals surface area contributed by atoms with Gasteiger partial charge in [0.05, 0.1) is 49.3 Å². The van der Waals surface area contributed by atoms with E-state index < -0.39 is 10.8 Å². The van der Waals surface area contributed by atoms with Crippen molar-refractivity contribution < 1.29 is 19.1 Å². The van der Waals surface area contributed by atoms with E-state index in [0.717, 1.165) is 146 Å². The van der Waals surface area contributed by atoms with Crippen molar-refractivity contribution >= 4 is 56.5 Å². The van der Waals surface area contributed by atoms with Crippen molar-refractivity contribution in [3.05, 3.63) is 361 Å². The highest BCUT2D eigenvalue weighted by molar-refractivity contribution is 7.17. The first kappa shape index (κ1) is 89.6. The van der Waals surface area contributed by atoms with Crippen LogP contribution in [-0.2, 0) is 46.0 Å². The molecule has 0 fully saturated rings. The molecule has 0 saturated heterocycles. The molecule has 2 atom stereocenters. The Balaban J connectivity index is 0.996. The number of Topliss-reactive ketones (excluding diaryl/α,β-unsaturated/α-hetero) is 2. The minimum Gasteiger partial charge on any atom is -0.493 e. The summed E-state index contributed by atoms with van der Waals surface area (Å²) < 4.78 is 14.7. The summed E-state index contributed by atoms with van der Waals surface area (Å²) in [6.07, 6.45) is 40.3. The van der Waals surface area contributed by atoms with Gasteiger partial charge in [0.25, 0.3) is 11.4 Å². The molecule has 8 nitrogen and oxygen atoms in total. The summed E-state index contributed by atoms with van der Waals surface area (Å²) in [7, 11) is 0. The Bertz CT molecular complexity index is 5480. The average Bonchev–Trinajstić information content (AvgIpc) is 1.50. The van der Waals surface area contributed by atoms with Crippen molar-refractivity contribution in [1.29, 1.82) is 10.5 Å². The van der Waals surface area contributed by atoms with Gasteiger partial charge < -0.3 is 9.47 Å². The number of carbonyl (C=O) groups is 2. The lowest BCUT2D eigenvalue weighted by molar-refractivity contribution is 0.103. The summed E-state index contributed by atoms with van der Waals surface area (Å²) in [5.41, 5.74) is 23.0. The molecule has 126 heavy (non-hydrogen) atoms. The highest BCUT2D eigenvalue weighted by Gasteiger charge is 2.54. The molecule has 10 heteroatoms. The molecule has 0 radical (unpaired) electrons. The first-order valence-electron chi connectivity index (χ1n) is 47.5. The highest BCUT2D eigenvalue weighted by atomic mass is 32.1. The number of allylic oxidation sites excluding steroid dienone is 14. The number of thiophene rings is 2. The molecule has 7 aromatic carbocycles. The number of fused-ring (bicyclic) bond motifs is 8. The van der Waals surface area contributed by atoms with E-state index in [1.165, 1.54) is 165 Å². The number of rotatable bonds is 42. The molecule has 2 aromatic heterocycles. The van der Waals surface area contributed by atoms with E-state index in [1.807, 2.05) is 71.2 Å². The predicted octanol–water partition coefficient (Wildman–Crippen LogP) is 31.5. The van der Waals surface area contributed by atoms with Gasteiger partial charge in [0.2, 0.25) is 0 Å². The zero-order chi connectivity index (χ0) is 87.9. The lowest BCUT2D eigenvalue weighted by Gasteiger charge is -2.36. The van der Waals surface area contributed by atoms with E-state index in [1.54, 1.807) is 12.1 Å². The second-order valence-corrected chi connectivity index (χ2v) is 38.0. The number of unbranched alkanes of at least 4 members (excludes halogenated alkanes) is 14. The zero-order valence-corrected chi connectivity index (χ0v) is 77.1. The summed E-state index contributed by atoms with van der Waals surface area (Å²) in [6.45, 7) is 35.8. The van der Waals surface area contributed by atoms with Crippen LogP contribution in [0.1, 0.15) is 331 Å². The van der Waals surface area contributed by atoms with Crippen LogP contribution >= 0.6 is 22.7 Å². The smallest absolute Gasteiger partial charge is 0.270 e. The number of ketones is 2. The minimum atomic E-state index is -0.862. The molecule has 0 amide bonds. The second kappa shape index (κ2) is 41.5. The molecule has 0 N–H and O–H groups in total. The Morgan fingerprint density at radius 3 is 1.02 bits per heavy atom. The van der Waals surface area contributed by atoms with E-state index in [2.05, 4.69) is 211 Å². The monoisotopic (exact) mass is 1700 g/mol. The maximum absolute atomic E-state index is 14.9. The van der Waals surface area contributed by atoms with Crippen molar-refractivity contribution in [2.45, 2.75) is 259 Å². The van der Waals surface area contributed by atoms with Crippen LogP contribution in [-0.4, -0.2) is 24.8 Å². The Labute approximate surface area is 758 Å². The maximum Gasteiger partial charge on any atom is 0.270 e. The van der Waals surface area contributed by atoms with Gasteiger partial charge in [-0.15, -0.1) is 22.7 Å². The van der Waals surface area contributed by atoms with Crippen molar-refractivity contribution in [3.63, 3.8) is 0 Å². The van der Waals surface area contributed by atoms with Crippen LogP contribution in [0.2, 0.25) is 0 Å². The van der Waals surface area contributed by atoms with Crippen molar-refractivity contribution in [3.8, 4) is 33.0 Å². The molecule has 0 spiro atoms.